The summed E-state index contributed by atoms with van der Waals surface area (Å²) in [6.45, 7) is 7.33. The highest BCUT2D eigenvalue weighted by molar-refractivity contribution is 6.42. The highest BCUT2D eigenvalue weighted by Gasteiger charge is 2.18. The minimum absolute atomic E-state index is 0.0637. The van der Waals surface area contributed by atoms with E-state index in [1.807, 2.05) is 20.8 Å². The molecule has 0 fully saturated rings. The van der Waals surface area contributed by atoms with E-state index < -0.39 is 24.5 Å². The number of hydrogen-bond donors (Lipinski definition) is 2. The maximum Gasteiger partial charge on any atom is 0.321 e. The number of carbonyl (C=O) groups is 3. The van der Waals surface area contributed by atoms with Gasteiger partial charge in [0, 0.05) is 17.8 Å². The number of esters is 1. The van der Waals surface area contributed by atoms with E-state index in [9.17, 15) is 14.4 Å². The number of hydrogen-bond acceptors (Lipinski definition) is 5. The van der Waals surface area contributed by atoms with Crippen molar-refractivity contribution in [2.45, 2.75) is 34.1 Å². The minimum Gasteiger partial charge on any atom is -0.455 e. The minimum atomic E-state index is -0.704. The number of ether oxygens (including phenoxy) is 1. The van der Waals surface area contributed by atoms with E-state index >= 15 is 0 Å². The molecule has 2 rings (SSSR count). The first-order valence-electron chi connectivity index (χ1n) is 9.32. The third kappa shape index (κ3) is 6.47. The lowest BCUT2D eigenvalue weighted by Crippen LogP contribution is -2.42. The maximum absolute atomic E-state index is 12.2. The lowest BCUT2D eigenvalue weighted by atomic mass is 10.1. The van der Waals surface area contributed by atoms with Crippen LogP contribution < -0.4 is 10.6 Å². The monoisotopic (exact) mass is 454 g/mol. The molecular formula is C20H24Cl2N4O4. The molecule has 1 heterocycles. The van der Waals surface area contributed by atoms with Crippen LogP contribution in [0.25, 0.3) is 5.69 Å². The Morgan fingerprint density at radius 3 is 2.50 bits per heavy atom. The van der Waals surface area contributed by atoms with Gasteiger partial charge in [0.05, 0.1) is 27.8 Å². The van der Waals surface area contributed by atoms with Crippen molar-refractivity contribution < 1.29 is 19.1 Å². The van der Waals surface area contributed by atoms with Crippen LogP contribution in [-0.2, 0) is 20.7 Å². The largest absolute Gasteiger partial charge is 0.455 e. The van der Waals surface area contributed by atoms with Crippen LogP contribution in [0.1, 0.15) is 30.8 Å². The summed E-state index contributed by atoms with van der Waals surface area (Å²) < 4.78 is 6.65. The fraction of sp³-hybridized carbons (Fsp3) is 0.400. The molecule has 0 aliphatic heterocycles. The fourth-order valence-electron chi connectivity index (χ4n) is 2.64. The molecule has 30 heavy (non-hydrogen) atoms. The third-order valence-corrected chi connectivity index (χ3v) is 4.94. The average molecular weight is 455 g/mol. The zero-order valence-electron chi connectivity index (χ0n) is 17.2. The van der Waals surface area contributed by atoms with Crippen molar-refractivity contribution in [2.75, 3.05) is 13.2 Å². The Hall–Kier alpha value is -2.58. The molecule has 0 saturated carbocycles. The van der Waals surface area contributed by atoms with E-state index in [0.29, 0.717) is 33.5 Å². The van der Waals surface area contributed by atoms with Crippen LogP contribution in [0.4, 0.5) is 4.79 Å². The summed E-state index contributed by atoms with van der Waals surface area (Å²) in [5, 5.41) is 9.92. The van der Waals surface area contributed by atoms with E-state index in [1.54, 1.807) is 29.8 Å². The van der Waals surface area contributed by atoms with Crippen molar-refractivity contribution in [1.82, 2.24) is 20.4 Å². The van der Waals surface area contributed by atoms with Crippen molar-refractivity contribution in [1.29, 1.82) is 0 Å². The van der Waals surface area contributed by atoms with Gasteiger partial charge in [0.15, 0.2) is 6.61 Å². The number of aryl methyl sites for hydroxylation is 1. The second-order valence-corrected chi connectivity index (χ2v) is 7.96. The molecule has 0 radical (unpaired) electrons. The van der Waals surface area contributed by atoms with Crippen molar-refractivity contribution >= 4 is 41.1 Å². The highest BCUT2D eigenvalue weighted by atomic mass is 35.5. The van der Waals surface area contributed by atoms with Crippen LogP contribution in [-0.4, -0.2) is 40.8 Å². The van der Waals surface area contributed by atoms with Gasteiger partial charge in [-0.1, -0.05) is 37.0 Å². The Labute approximate surface area is 184 Å². The molecule has 3 amide bonds. The van der Waals surface area contributed by atoms with Gasteiger partial charge in [-0.05, 0) is 38.0 Å². The lowest BCUT2D eigenvalue weighted by molar-refractivity contribution is -0.147. The molecule has 0 unspecified atom stereocenters. The van der Waals surface area contributed by atoms with E-state index in [2.05, 4.69) is 15.7 Å². The molecule has 8 nitrogen and oxygen atoms in total. The Balaban J connectivity index is 1.95. The molecule has 2 aromatic rings. The SMILES string of the molecule is Cc1nn(-c2ccc(Cl)c(Cl)c2)c(C)c1CC(=O)OCC(=O)NC(=O)NCC(C)C. The van der Waals surface area contributed by atoms with Gasteiger partial charge < -0.3 is 10.1 Å². The number of nitrogens with zero attached hydrogens (tertiary/aromatic N) is 2. The van der Waals surface area contributed by atoms with E-state index in [-0.39, 0.29) is 12.3 Å². The van der Waals surface area contributed by atoms with Gasteiger partial charge in [-0.25, -0.2) is 9.48 Å². The fourth-order valence-corrected chi connectivity index (χ4v) is 2.94. The first-order chi connectivity index (χ1) is 14.1. The summed E-state index contributed by atoms with van der Waals surface area (Å²) in [5.74, 6) is -1.06. The molecule has 10 heteroatoms. The molecule has 162 valence electrons. The van der Waals surface area contributed by atoms with Crippen molar-refractivity contribution in [3.63, 3.8) is 0 Å². The van der Waals surface area contributed by atoms with Gasteiger partial charge in [-0.15, -0.1) is 0 Å². The van der Waals surface area contributed by atoms with Crippen LogP contribution in [0.3, 0.4) is 0 Å². The number of aromatic nitrogens is 2. The Kier molecular flexibility index (Phi) is 8.25. The molecule has 0 atom stereocenters. The Bertz CT molecular complexity index is 957. The van der Waals surface area contributed by atoms with Gasteiger partial charge in [-0.3, -0.25) is 14.9 Å². The van der Waals surface area contributed by atoms with E-state index in [1.165, 1.54) is 0 Å². The summed E-state index contributed by atoms with van der Waals surface area (Å²) in [7, 11) is 0. The molecule has 1 aromatic heterocycles. The number of imide groups is 1. The molecule has 0 aliphatic rings. The van der Waals surface area contributed by atoms with Crippen LogP contribution in [0.15, 0.2) is 18.2 Å². The summed E-state index contributed by atoms with van der Waals surface area (Å²) in [6, 6.07) is 4.49. The smallest absolute Gasteiger partial charge is 0.321 e. The molecule has 0 bridgehead atoms. The second-order valence-electron chi connectivity index (χ2n) is 7.15. The predicted molar refractivity (Wildman–Crippen MR) is 114 cm³/mol. The number of urea groups is 1. The molecule has 0 aliphatic carbocycles. The molecule has 2 N–H and O–H groups in total. The number of benzene rings is 1. The predicted octanol–water partition coefficient (Wildman–Crippen LogP) is 3.36. The van der Waals surface area contributed by atoms with Crippen molar-refractivity contribution in [3.05, 3.63) is 45.2 Å². The first-order valence-corrected chi connectivity index (χ1v) is 10.1. The quantitative estimate of drug-likeness (QED) is 0.624. The molecule has 0 spiro atoms. The van der Waals surface area contributed by atoms with Gasteiger partial charge >= 0.3 is 12.0 Å². The number of rotatable bonds is 7. The Morgan fingerprint density at radius 1 is 1.17 bits per heavy atom. The van der Waals surface area contributed by atoms with Crippen LogP contribution in [0, 0.1) is 19.8 Å². The van der Waals surface area contributed by atoms with Crippen molar-refractivity contribution in [3.8, 4) is 5.69 Å². The third-order valence-electron chi connectivity index (χ3n) is 4.20. The number of carbonyl (C=O) groups excluding carboxylic acids is 3. The summed E-state index contributed by atoms with van der Waals surface area (Å²) in [4.78, 5) is 35.5. The highest BCUT2D eigenvalue weighted by Crippen LogP contribution is 2.26. The van der Waals surface area contributed by atoms with Crippen molar-refractivity contribution in [2.24, 2.45) is 5.92 Å². The summed E-state index contributed by atoms with van der Waals surface area (Å²) in [5.41, 5.74) is 2.77. The first kappa shape index (κ1) is 23.7. The zero-order valence-corrected chi connectivity index (χ0v) is 18.7. The topological polar surface area (TPSA) is 102 Å². The van der Waals surface area contributed by atoms with Crippen LogP contribution in [0.2, 0.25) is 10.0 Å². The normalized spacial score (nSPS) is 10.8. The van der Waals surface area contributed by atoms with Gasteiger partial charge in [-0.2, -0.15) is 5.10 Å². The number of halogens is 2. The number of amides is 3. The molecule has 0 saturated heterocycles. The zero-order chi connectivity index (χ0) is 22.4. The van der Waals surface area contributed by atoms with Gasteiger partial charge in [0.2, 0.25) is 0 Å². The summed E-state index contributed by atoms with van der Waals surface area (Å²) >= 11 is 12.0. The molecular weight excluding hydrogens is 431 g/mol. The maximum atomic E-state index is 12.2. The average Bonchev–Trinajstić information content (AvgIpc) is 2.95. The van der Waals surface area contributed by atoms with E-state index in [4.69, 9.17) is 27.9 Å². The molecule has 1 aromatic carbocycles. The standard InChI is InChI=1S/C20H24Cl2N4O4/c1-11(2)9-23-20(29)24-18(27)10-30-19(28)8-15-12(3)25-26(13(15)4)14-5-6-16(21)17(22)7-14/h5-7,11H,8-10H2,1-4H3,(H2,23,24,27,29). The van der Waals surface area contributed by atoms with Gasteiger partial charge in [0.1, 0.15) is 0 Å². The number of nitrogens with one attached hydrogen (secondary N) is 2. The summed E-state index contributed by atoms with van der Waals surface area (Å²) in [6.07, 6.45) is -0.0637. The lowest BCUT2D eigenvalue weighted by Gasteiger charge is -2.09. The second kappa shape index (κ2) is 10.4. The van der Waals surface area contributed by atoms with Crippen LogP contribution in [0.5, 0.6) is 0 Å². The van der Waals surface area contributed by atoms with Gasteiger partial charge in [0.25, 0.3) is 5.91 Å². The Morgan fingerprint density at radius 2 is 1.87 bits per heavy atom. The van der Waals surface area contributed by atoms with Crippen LogP contribution >= 0.6 is 23.2 Å². The van der Waals surface area contributed by atoms with E-state index in [0.717, 1.165) is 5.69 Å².